The second-order valence-electron chi connectivity index (χ2n) is 9.91. The smallest absolute Gasteiger partial charge is 0.210 e. The maximum absolute atomic E-state index is 4.69. The molecule has 0 saturated heterocycles. The largest absolute Gasteiger partial charge is 0.318 e. The molecule has 0 aliphatic heterocycles. The van der Waals surface area contributed by atoms with E-state index in [-0.39, 0.29) is 12.1 Å². The molecule has 0 spiro atoms. The Balaban J connectivity index is 1.60. The molecule has 0 bridgehead atoms. The number of benzene rings is 4. The van der Waals surface area contributed by atoms with Crippen molar-refractivity contribution >= 4 is 0 Å². The van der Waals surface area contributed by atoms with E-state index in [0.717, 1.165) is 30.0 Å². The van der Waals surface area contributed by atoms with Gasteiger partial charge in [-0.05, 0) is 21.6 Å². The van der Waals surface area contributed by atoms with Crippen molar-refractivity contribution in [3.63, 3.8) is 0 Å². The van der Waals surface area contributed by atoms with Crippen LogP contribution in [0.4, 0.5) is 0 Å². The molecule has 5 aromatic rings. The number of tetrazole rings is 1. The normalized spacial score (nSPS) is 12.4. The monoisotopic (exact) mass is 488 g/mol. The van der Waals surface area contributed by atoms with Crippen LogP contribution in [0.1, 0.15) is 54.0 Å². The molecular weight excluding hydrogens is 454 g/mol. The molecule has 0 aliphatic carbocycles. The Bertz CT molecular complexity index is 1270. The molecule has 5 heteroatoms. The number of nitrogens with zero attached hydrogens (tertiary/aromatic N) is 4. The first-order valence-electron chi connectivity index (χ1n) is 13.0. The van der Waals surface area contributed by atoms with E-state index in [1.54, 1.807) is 0 Å². The van der Waals surface area contributed by atoms with Gasteiger partial charge >= 0.3 is 0 Å². The van der Waals surface area contributed by atoms with Crippen molar-refractivity contribution in [3.8, 4) is 0 Å². The van der Waals surface area contributed by atoms with Gasteiger partial charge in [0, 0.05) is 17.0 Å². The van der Waals surface area contributed by atoms with Crippen LogP contribution in [0.15, 0.2) is 121 Å². The maximum atomic E-state index is 4.69. The van der Waals surface area contributed by atoms with Crippen molar-refractivity contribution < 1.29 is 4.90 Å². The van der Waals surface area contributed by atoms with E-state index < -0.39 is 0 Å². The van der Waals surface area contributed by atoms with Gasteiger partial charge < -0.3 is 4.90 Å². The summed E-state index contributed by atoms with van der Waals surface area (Å²) in [7, 11) is 0. The zero-order chi connectivity index (χ0) is 25.5. The zero-order valence-corrected chi connectivity index (χ0v) is 21.5. The standard InChI is InChI=1S/C32H33N5/c1-25(2)30(36(23-26-15-7-3-8-16-26)24-27-17-9-4-10-18-27)32-33-34-35-37(32)31(28-19-11-5-12-20-28)29-21-13-6-14-22-29/h3-22,25,30-31H,23-24H2,1-2H3/p+1/t30-/m0/s1. The molecule has 0 amide bonds. The lowest BCUT2D eigenvalue weighted by Crippen LogP contribution is -3.10. The summed E-state index contributed by atoms with van der Waals surface area (Å²) in [6, 6.07) is 42.5. The minimum atomic E-state index is -0.108. The highest BCUT2D eigenvalue weighted by Crippen LogP contribution is 2.29. The van der Waals surface area contributed by atoms with Crippen LogP contribution in [0.25, 0.3) is 0 Å². The molecule has 37 heavy (non-hydrogen) atoms. The molecular formula is C32H34N5+. The van der Waals surface area contributed by atoms with Gasteiger partial charge in [-0.3, -0.25) is 0 Å². The number of hydrogen-bond acceptors (Lipinski definition) is 3. The van der Waals surface area contributed by atoms with Gasteiger partial charge in [0.15, 0.2) is 6.04 Å². The van der Waals surface area contributed by atoms with E-state index in [0.29, 0.717) is 5.92 Å². The summed E-state index contributed by atoms with van der Waals surface area (Å²) in [4.78, 5) is 1.42. The summed E-state index contributed by atoms with van der Waals surface area (Å²) in [6.07, 6.45) is 0. The molecule has 186 valence electrons. The molecule has 1 N–H and O–H groups in total. The summed E-state index contributed by atoms with van der Waals surface area (Å²) >= 11 is 0. The Morgan fingerprint density at radius 1 is 0.622 bits per heavy atom. The number of hydrogen-bond donors (Lipinski definition) is 1. The lowest BCUT2D eigenvalue weighted by molar-refractivity contribution is -0.962. The highest BCUT2D eigenvalue weighted by atomic mass is 15.6. The molecule has 1 heterocycles. The molecule has 0 aliphatic rings. The van der Waals surface area contributed by atoms with Crippen LogP contribution in [0.3, 0.4) is 0 Å². The number of aromatic nitrogens is 4. The Morgan fingerprint density at radius 2 is 1.05 bits per heavy atom. The highest BCUT2D eigenvalue weighted by molar-refractivity contribution is 5.32. The molecule has 4 aromatic carbocycles. The highest BCUT2D eigenvalue weighted by Gasteiger charge is 2.35. The van der Waals surface area contributed by atoms with Gasteiger partial charge in [-0.1, -0.05) is 135 Å². The van der Waals surface area contributed by atoms with Crippen molar-refractivity contribution in [1.82, 2.24) is 20.2 Å². The summed E-state index contributed by atoms with van der Waals surface area (Å²) in [6.45, 7) is 6.32. The lowest BCUT2D eigenvalue weighted by Gasteiger charge is -2.32. The first-order valence-corrected chi connectivity index (χ1v) is 13.0. The second-order valence-corrected chi connectivity index (χ2v) is 9.91. The van der Waals surface area contributed by atoms with E-state index in [9.17, 15) is 0 Å². The van der Waals surface area contributed by atoms with E-state index in [1.165, 1.54) is 16.0 Å². The minimum Gasteiger partial charge on any atom is -0.318 e. The third-order valence-corrected chi connectivity index (χ3v) is 6.93. The lowest BCUT2D eigenvalue weighted by atomic mass is 9.96. The number of rotatable bonds is 10. The van der Waals surface area contributed by atoms with Crippen LogP contribution in [0.5, 0.6) is 0 Å². The van der Waals surface area contributed by atoms with E-state index >= 15 is 0 Å². The van der Waals surface area contributed by atoms with E-state index in [4.69, 9.17) is 5.10 Å². The third kappa shape index (κ3) is 5.84. The first kappa shape index (κ1) is 24.6. The fourth-order valence-corrected chi connectivity index (χ4v) is 5.29. The van der Waals surface area contributed by atoms with Gasteiger partial charge in [-0.15, -0.1) is 5.10 Å². The first-order chi connectivity index (χ1) is 18.2. The molecule has 0 fully saturated rings. The van der Waals surface area contributed by atoms with E-state index in [2.05, 4.69) is 146 Å². The Hall–Kier alpha value is -4.09. The third-order valence-electron chi connectivity index (χ3n) is 6.93. The van der Waals surface area contributed by atoms with E-state index in [1.807, 2.05) is 4.68 Å². The summed E-state index contributed by atoms with van der Waals surface area (Å²) in [5.74, 6) is 1.23. The van der Waals surface area contributed by atoms with Crippen LogP contribution < -0.4 is 4.90 Å². The van der Waals surface area contributed by atoms with Gasteiger partial charge in [-0.2, -0.15) is 0 Å². The maximum Gasteiger partial charge on any atom is 0.210 e. The predicted molar refractivity (Wildman–Crippen MR) is 147 cm³/mol. The van der Waals surface area contributed by atoms with Crippen LogP contribution in [0, 0.1) is 5.92 Å². The zero-order valence-electron chi connectivity index (χ0n) is 21.5. The molecule has 0 radical (unpaired) electrons. The fraction of sp³-hybridized carbons (Fsp3) is 0.219. The predicted octanol–water partition coefficient (Wildman–Crippen LogP) is 5.29. The molecule has 1 aromatic heterocycles. The molecule has 0 saturated carbocycles. The minimum absolute atomic E-state index is 0.0883. The van der Waals surface area contributed by atoms with Crippen LogP contribution in [-0.4, -0.2) is 20.2 Å². The quantitative estimate of drug-likeness (QED) is 0.290. The molecule has 5 rings (SSSR count). The number of nitrogens with one attached hydrogen (secondary N) is 1. The van der Waals surface area contributed by atoms with Gasteiger partial charge in [0.25, 0.3) is 0 Å². The molecule has 1 atom stereocenters. The Labute approximate surface area is 219 Å². The SMILES string of the molecule is CC(C)[C@@H](c1nnnn1C(c1ccccc1)c1ccccc1)[NH+](Cc1ccccc1)Cc1ccccc1. The van der Waals surface area contributed by atoms with Crippen molar-refractivity contribution in [1.29, 1.82) is 0 Å². The van der Waals surface area contributed by atoms with Crippen molar-refractivity contribution in [3.05, 3.63) is 149 Å². The molecule has 0 unspecified atom stereocenters. The van der Waals surface area contributed by atoms with Crippen LogP contribution in [-0.2, 0) is 13.1 Å². The Kier molecular flexibility index (Phi) is 7.82. The summed E-state index contributed by atoms with van der Waals surface area (Å²) < 4.78 is 2.05. The average molecular weight is 489 g/mol. The van der Waals surface area contributed by atoms with Crippen molar-refractivity contribution in [2.45, 2.75) is 39.0 Å². The summed E-state index contributed by atoms with van der Waals surface area (Å²) in [5.41, 5.74) is 4.94. The van der Waals surface area contributed by atoms with Gasteiger partial charge in [0.05, 0.1) is 0 Å². The van der Waals surface area contributed by atoms with Crippen molar-refractivity contribution in [2.24, 2.45) is 5.92 Å². The topological polar surface area (TPSA) is 48.0 Å². The fourth-order valence-electron chi connectivity index (χ4n) is 5.29. The second kappa shape index (κ2) is 11.8. The molecule has 5 nitrogen and oxygen atoms in total. The van der Waals surface area contributed by atoms with Gasteiger partial charge in [0.2, 0.25) is 5.82 Å². The van der Waals surface area contributed by atoms with Crippen molar-refractivity contribution in [2.75, 3.05) is 0 Å². The number of quaternary nitrogens is 1. The van der Waals surface area contributed by atoms with Crippen LogP contribution in [0.2, 0.25) is 0 Å². The van der Waals surface area contributed by atoms with Gasteiger partial charge in [0.1, 0.15) is 19.1 Å². The average Bonchev–Trinajstić information content (AvgIpc) is 3.39. The van der Waals surface area contributed by atoms with Crippen LogP contribution >= 0.6 is 0 Å². The summed E-state index contributed by atoms with van der Waals surface area (Å²) in [5, 5.41) is 13.5. The Morgan fingerprint density at radius 3 is 1.49 bits per heavy atom. The van der Waals surface area contributed by atoms with Gasteiger partial charge in [-0.25, -0.2) is 4.68 Å².